The number of hydrogen-bond donors (Lipinski definition) is 1. The predicted octanol–water partition coefficient (Wildman–Crippen LogP) is 1.54. The summed E-state index contributed by atoms with van der Waals surface area (Å²) in [6.45, 7) is 3.28. The highest BCUT2D eigenvalue weighted by atomic mass is 15.3. The fraction of sp³-hybridized carbons (Fsp3) is 0.700. The molecule has 13 heavy (non-hydrogen) atoms. The SMILES string of the molecule is Cc1cn(C)nc1C1CCCCN1. The molecule has 1 aromatic rings. The van der Waals surface area contributed by atoms with Crippen LogP contribution in [0.5, 0.6) is 0 Å². The lowest BCUT2D eigenvalue weighted by Gasteiger charge is -2.22. The summed E-state index contributed by atoms with van der Waals surface area (Å²) >= 11 is 0. The third-order valence-electron chi connectivity index (χ3n) is 2.69. The molecule has 72 valence electrons. The second-order valence-corrected chi connectivity index (χ2v) is 3.87. The van der Waals surface area contributed by atoms with Crippen molar-refractivity contribution in [1.29, 1.82) is 0 Å². The molecule has 1 aliphatic heterocycles. The van der Waals surface area contributed by atoms with Crippen LogP contribution in [0.15, 0.2) is 6.20 Å². The summed E-state index contributed by atoms with van der Waals surface area (Å²) in [4.78, 5) is 0. The molecule has 3 nitrogen and oxygen atoms in total. The highest BCUT2D eigenvalue weighted by Gasteiger charge is 2.18. The molecule has 1 N–H and O–H groups in total. The fourth-order valence-corrected chi connectivity index (χ4v) is 2.05. The van der Waals surface area contributed by atoms with Crippen LogP contribution in [-0.4, -0.2) is 16.3 Å². The van der Waals surface area contributed by atoms with Gasteiger partial charge in [-0.05, 0) is 31.9 Å². The average molecular weight is 179 g/mol. The molecule has 0 aromatic carbocycles. The molecule has 1 atom stereocenters. The van der Waals surface area contributed by atoms with Gasteiger partial charge < -0.3 is 5.32 Å². The molecule has 1 saturated heterocycles. The number of aryl methyl sites for hydroxylation is 2. The lowest BCUT2D eigenvalue weighted by Crippen LogP contribution is -2.27. The van der Waals surface area contributed by atoms with Gasteiger partial charge in [0, 0.05) is 13.2 Å². The standard InChI is InChI=1S/C10H17N3/c1-8-7-13(2)12-10(8)9-5-3-4-6-11-9/h7,9,11H,3-6H2,1-2H3. The van der Waals surface area contributed by atoms with Gasteiger partial charge in [-0.15, -0.1) is 0 Å². The summed E-state index contributed by atoms with van der Waals surface area (Å²) in [6.07, 6.45) is 5.96. The second kappa shape index (κ2) is 3.50. The smallest absolute Gasteiger partial charge is 0.0822 e. The maximum absolute atomic E-state index is 4.49. The second-order valence-electron chi connectivity index (χ2n) is 3.87. The van der Waals surface area contributed by atoms with Crippen molar-refractivity contribution in [2.24, 2.45) is 7.05 Å². The van der Waals surface area contributed by atoms with E-state index in [1.807, 2.05) is 11.7 Å². The van der Waals surface area contributed by atoms with Crippen LogP contribution < -0.4 is 5.32 Å². The molecule has 1 unspecified atom stereocenters. The Kier molecular flexibility index (Phi) is 2.36. The van der Waals surface area contributed by atoms with Gasteiger partial charge in [-0.2, -0.15) is 5.10 Å². The van der Waals surface area contributed by atoms with Gasteiger partial charge in [-0.25, -0.2) is 0 Å². The maximum Gasteiger partial charge on any atom is 0.0822 e. The molecular formula is C10H17N3. The zero-order valence-corrected chi connectivity index (χ0v) is 8.38. The minimum absolute atomic E-state index is 0.495. The molecule has 2 rings (SSSR count). The quantitative estimate of drug-likeness (QED) is 0.708. The normalized spacial score (nSPS) is 23.4. The summed E-state index contributed by atoms with van der Waals surface area (Å²) in [5, 5.41) is 8.00. The van der Waals surface area contributed by atoms with E-state index in [2.05, 4.69) is 23.5 Å². The monoisotopic (exact) mass is 179 g/mol. The van der Waals surface area contributed by atoms with Crippen LogP contribution in [0.3, 0.4) is 0 Å². The summed E-state index contributed by atoms with van der Waals surface area (Å²) in [7, 11) is 1.99. The van der Waals surface area contributed by atoms with Gasteiger partial charge in [-0.3, -0.25) is 4.68 Å². The van der Waals surface area contributed by atoms with Crippen molar-refractivity contribution in [1.82, 2.24) is 15.1 Å². The van der Waals surface area contributed by atoms with Gasteiger partial charge in [0.25, 0.3) is 0 Å². The number of aromatic nitrogens is 2. The predicted molar refractivity (Wildman–Crippen MR) is 52.5 cm³/mol. The van der Waals surface area contributed by atoms with Crippen molar-refractivity contribution in [2.45, 2.75) is 32.2 Å². The van der Waals surface area contributed by atoms with E-state index in [0.29, 0.717) is 6.04 Å². The summed E-state index contributed by atoms with van der Waals surface area (Å²) in [5.41, 5.74) is 2.55. The summed E-state index contributed by atoms with van der Waals surface area (Å²) in [6, 6.07) is 0.495. The van der Waals surface area contributed by atoms with Crippen molar-refractivity contribution >= 4 is 0 Å². The molecule has 0 aliphatic carbocycles. The largest absolute Gasteiger partial charge is 0.309 e. The summed E-state index contributed by atoms with van der Waals surface area (Å²) in [5.74, 6) is 0. The van der Waals surface area contributed by atoms with Crippen LogP contribution in [-0.2, 0) is 7.05 Å². The molecular weight excluding hydrogens is 162 g/mol. The number of nitrogens with one attached hydrogen (secondary N) is 1. The zero-order valence-electron chi connectivity index (χ0n) is 8.38. The Bertz CT molecular complexity index is 284. The van der Waals surface area contributed by atoms with Crippen LogP contribution in [0.25, 0.3) is 0 Å². The van der Waals surface area contributed by atoms with E-state index in [0.717, 1.165) is 6.54 Å². The molecule has 3 heteroatoms. The third-order valence-corrected chi connectivity index (χ3v) is 2.69. The van der Waals surface area contributed by atoms with E-state index in [1.165, 1.54) is 30.5 Å². The summed E-state index contributed by atoms with van der Waals surface area (Å²) < 4.78 is 1.90. The van der Waals surface area contributed by atoms with E-state index < -0.39 is 0 Å². The zero-order chi connectivity index (χ0) is 9.26. The Morgan fingerprint density at radius 2 is 2.38 bits per heavy atom. The topological polar surface area (TPSA) is 29.9 Å². The Balaban J connectivity index is 2.18. The van der Waals surface area contributed by atoms with Crippen molar-refractivity contribution in [2.75, 3.05) is 6.54 Å². The van der Waals surface area contributed by atoms with Crippen molar-refractivity contribution < 1.29 is 0 Å². The van der Waals surface area contributed by atoms with Gasteiger partial charge in [0.05, 0.1) is 11.7 Å². The highest BCUT2D eigenvalue weighted by Crippen LogP contribution is 2.23. The average Bonchev–Trinajstić information content (AvgIpc) is 2.47. The van der Waals surface area contributed by atoms with E-state index >= 15 is 0 Å². The molecule has 0 amide bonds. The van der Waals surface area contributed by atoms with E-state index in [-0.39, 0.29) is 0 Å². The first-order chi connectivity index (χ1) is 6.27. The minimum Gasteiger partial charge on any atom is -0.309 e. The maximum atomic E-state index is 4.49. The van der Waals surface area contributed by atoms with Gasteiger partial charge >= 0.3 is 0 Å². The highest BCUT2D eigenvalue weighted by molar-refractivity contribution is 5.19. The van der Waals surface area contributed by atoms with Crippen LogP contribution in [0, 0.1) is 6.92 Å². The van der Waals surface area contributed by atoms with E-state index in [1.54, 1.807) is 0 Å². The molecule has 0 radical (unpaired) electrons. The van der Waals surface area contributed by atoms with Gasteiger partial charge in [0.15, 0.2) is 0 Å². The van der Waals surface area contributed by atoms with Gasteiger partial charge in [0.1, 0.15) is 0 Å². The fourth-order valence-electron chi connectivity index (χ4n) is 2.05. The first-order valence-corrected chi connectivity index (χ1v) is 5.01. The van der Waals surface area contributed by atoms with Crippen LogP contribution in [0.4, 0.5) is 0 Å². The number of piperidine rings is 1. The minimum atomic E-state index is 0.495. The number of hydrogen-bond acceptors (Lipinski definition) is 2. The van der Waals surface area contributed by atoms with Crippen molar-refractivity contribution in [3.63, 3.8) is 0 Å². The number of rotatable bonds is 1. The molecule has 1 aromatic heterocycles. The molecule has 1 aliphatic rings. The molecule has 1 fully saturated rings. The lowest BCUT2D eigenvalue weighted by molar-refractivity contribution is 0.401. The Morgan fingerprint density at radius 3 is 2.92 bits per heavy atom. The van der Waals surface area contributed by atoms with Gasteiger partial charge in [-0.1, -0.05) is 6.42 Å². The van der Waals surface area contributed by atoms with Crippen LogP contribution in [0.2, 0.25) is 0 Å². The molecule has 0 bridgehead atoms. The first kappa shape index (κ1) is 8.75. The van der Waals surface area contributed by atoms with Gasteiger partial charge in [0.2, 0.25) is 0 Å². The Labute approximate surface area is 79.1 Å². The Morgan fingerprint density at radius 1 is 1.54 bits per heavy atom. The first-order valence-electron chi connectivity index (χ1n) is 5.01. The van der Waals surface area contributed by atoms with Crippen molar-refractivity contribution in [3.8, 4) is 0 Å². The van der Waals surface area contributed by atoms with Crippen LogP contribution >= 0.6 is 0 Å². The molecule has 0 spiro atoms. The van der Waals surface area contributed by atoms with Crippen molar-refractivity contribution in [3.05, 3.63) is 17.5 Å². The number of nitrogens with zero attached hydrogens (tertiary/aromatic N) is 2. The molecule has 2 heterocycles. The lowest BCUT2D eigenvalue weighted by atomic mass is 10.0. The van der Waals surface area contributed by atoms with Crippen LogP contribution in [0.1, 0.15) is 36.6 Å². The Hall–Kier alpha value is -0.830. The third kappa shape index (κ3) is 1.75. The van der Waals surface area contributed by atoms with E-state index in [9.17, 15) is 0 Å². The van der Waals surface area contributed by atoms with E-state index in [4.69, 9.17) is 0 Å². The molecule has 0 saturated carbocycles.